The number of rotatable bonds is 3. The van der Waals surface area contributed by atoms with Gasteiger partial charge in [0.05, 0.1) is 0 Å². The quantitative estimate of drug-likeness (QED) is 0.708. The maximum atomic E-state index is 12.6. The zero-order chi connectivity index (χ0) is 8.97. The summed E-state index contributed by atoms with van der Waals surface area (Å²) in [5.74, 6) is -0.953. The zero-order valence-corrected chi connectivity index (χ0v) is 7.97. The van der Waals surface area contributed by atoms with Gasteiger partial charge in [0.25, 0.3) is 0 Å². The van der Waals surface area contributed by atoms with Gasteiger partial charge in [0.1, 0.15) is 6.17 Å². The van der Waals surface area contributed by atoms with Gasteiger partial charge in [-0.15, -0.1) is 12.4 Å². The van der Waals surface area contributed by atoms with Crippen molar-refractivity contribution in [3.05, 3.63) is 12.2 Å². The molecule has 0 aromatic carbocycles. The van der Waals surface area contributed by atoms with Gasteiger partial charge in [-0.3, -0.25) is 4.90 Å². The number of halogens is 2. The van der Waals surface area contributed by atoms with Crippen LogP contribution in [0.4, 0.5) is 4.39 Å². The molecule has 1 saturated heterocycles. The summed E-state index contributed by atoms with van der Waals surface area (Å²) >= 11 is 0. The van der Waals surface area contributed by atoms with Crippen LogP contribution in [0, 0.1) is 0 Å². The fraction of sp³-hybridized carbons (Fsp3) is 0.625. The second kappa shape index (κ2) is 5.94. The van der Waals surface area contributed by atoms with Crippen LogP contribution in [0.25, 0.3) is 0 Å². The molecule has 1 aliphatic heterocycles. The molecular formula is C8H13ClFNO2. The Labute approximate surface area is 82.6 Å². The fourth-order valence-corrected chi connectivity index (χ4v) is 1.25. The lowest BCUT2D eigenvalue weighted by molar-refractivity contribution is -0.131. The van der Waals surface area contributed by atoms with Crippen LogP contribution in [0.3, 0.4) is 0 Å². The lowest BCUT2D eigenvalue weighted by atomic mass is 10.3. The van der Waals surface area contributed by atoms with Crippen molar-refractivity contribution in [3.63, 3.8) is 0 Å². The van der Waals surface area contributed by atoms with E-state index in [-0.39, 0.29) is 12.4 Å². The Morgan fingerprint density at radius 2 is 2.38 bits per heavy atom. The van der Waals surface area contributed by atoms with Gasteiger partial charge in [-0.1, -0.05) is 6.08 Å². The van der Waals surface area contributed by atoms with Crippen LogP contribution in [-0.4, -0.2) is 41.8 Å². The smallest absolute Gasteiger partial charge is 0.328 e. The van der Waals surface area contributed by atoms with E-state index in [1.54, 1.807) is 6.08 Å². The molecule has 0 amide bonds. The maximum Gasteiger partial charge on any atom is 0.328 e. The highest BCUT2D eigenvalue weighted by Gasteiger charge is 2.19. The summed E-state index contributed by atoms with van der Waals surface area (Å²) in [6, 6.07) is 0. The van der Waals surface area contributed by atoms with Gasteiger partial charge >= 0.3 is 5.97 Å². The summed E-state index contributed by atoms with van der Waals surface area (Å²) in [5.41, 5.74) is 0. The van der Waals surface area contributed by atoms with E-state index in [1.807, 2.05) is 4.90 Å². The van der Waals surface area contributed by atoms with Crippen LogP contribution in [-0.2, 0) is 4.79 Å². The average molecular weight is 210 g/mol. The van der Waals surface area contributed by atoms with Crippen molar-refractivity contribution in [2.45, 2.75) is 12.6 Å². The van der Waals surface area contributed by atoms with Gasteiger partial charge in [0, 0.05) is 25.7 Å². The summed E-state index contributed by atoms with van der Waals surface area (Å²) in [4.78, 5) is 12.0. The molecule has 0 saturated carbocycles. The van der Waals surface area contributed by atoms with Crippen LogP contribution >= 0.6 is 12.4 Å². The molecule has 0 radical (unpaired) electrons. The molecule has 1 N–H and O–H groups in total. The Morgan fingerprint density at radius 1 is 1.69 bits per heavy atom. The van der Waals surface area contributed by atoms with Crippen molar-refractivity contribution < 1.29 is 14.3 Å². The van der Waals surface area contributed by atoms with Crippen molar-refractivity contribution in [3.8, 4) is 0 Å². The fourth-order valence-electron chi connectivity index (χ4n) is 1.25. The molecule has 1 atom stereocenters. The molecule has 1 rings (SSSR count). The van der Waals surface area contributed by atoms with E-state index in [9.17, 15) is 9.18 Å². The Kier molecular flexibility index (Phi) is 5.66. The third-order valence-corrected chi connectivity index (χ3v) is 1.84. The number of likely N-dealkylation sites (tertiary alicyclic amines) is 1. The number of carboxylic acids is 1. The highest BCUT2D eigenvalue weighted by molar-refractivity contribution is 5.85. The van der Waals surface area contributed by atoms with Crippen LogP contribution in [0.2, 0.25) is 0 Å². The van der Waals surface area contributed by atoms with Gasteiger partial charge in [-0.25, -0.2) is 9.18 Å². The van der Waals surface area contributed by atoms with E-state index in [2.05, 4.69) is 0 Å². The number of alkyl halides is 1. The summed E-state index contributed by atoms with van der Waals surface area (Å²) in [7, 11) is 0. The summed E-state index contributed by atoms with van der Waals surface area (Å²) in [6.45, 7) is 1.70. The number of hydrogen-bond donors (Lipinski definition) is 1. The number of hydrogen-bond acceptors (Lipinski definition) is 2. The van der Waals surface area contributed by atoms with Crippen molar-refractivity contribution in [1.29, 1.82) is 0 Å². The molecule has 1 fully saturated rings. The normalized spacial score (nSPS) is 23.3. The second-order valence-electron chi connectivity index (χ2n) is 2.89. The van der Waals surface area contributed by atoms with Crippen molar-refractivity contribution in [2.24, 2.45) is 0 Å². The van der Waals surface area contributed by atoms with E-state index in [0.29, 0.717) is 19.5 Å². The monoisotopic (exact) mass is 209 g/mol. The minimum Gasteiger partial charge on any atom is -0.478 e. The van der Waals surface area contributed by atoms with E-state index in [4.69, 9.17) is 5.11 Å². The molecule has 13 heavy (non-hydrogen) atoms. The Balaban J connectivity index is 0.00000144. The first-order valence-corrected chi connectivity index (χ1v) is 3.94. The highest BCUT2D eigenvalue weighted by atomic mass is 35.5. The van der Waals surface area contributed by atoms with Crippen molar-refractivity contribution in [2.75, 3.05) is 19.6 Å². The SMILES string of the molecule is Cl.O=C(O)/C=C/CN1CC[C@@H](F)C1. The first-order valence-electron chi connectivity index (χ1n) is 3.94. The number of nitrogens with zero attached hydrogens (tertiary/aromatic N) is 1. The molecule has 76 valence electrons. The van der Waals surface area contributed by atoms with Gasteiger partial charge in [-0.05, 0) is 6.42 Å². The Morgan fingerprint density at radius 3 is 2.85 bits per heavy atom. The Hall–Kier alpha value is -0.610. The van der Waals surface area contributed by atoms with Crippen molar-refractivity contribution in [1.82, 2.24) is 4.90 Å². The van der Waals surface area contributed by atoms with Crippen LogP contribution in [0.1, 0.15) is 6.42 Å². The van der Waals surface area contributed by atoms with Gasteiger partial charge in [0.15, 0.2) is 0 Å². The van der Waals surface area contributed by atoms with Gasteiger partial charge in [-0.2, -0.15) is 0 Å². The molecule has 5 heteroatoms. The highest BCUT2D eigenvalue weighted by Crippen LogP contribution is 2.11. The largest absolute Gasteiger partial charge is 0.478 e. The zero-order valence-electron chi connectivity index (χ0n) is 7.15. The first kappa shape index (κ1) is 12.4. The topological polar surface area (TPSA) is 40.5 Å². The predicted molar refractivity (Wildman–Crippen MR) is 50.0 cm³/mol. The minimum atomic E-state index is -0.953. The van der Waals surface area contributed by atoms with E-state index < -0.39 is 12.1 Å². The minimum absolute atomic E-state index is 0. The van der Waals surface area contributed by atoms with Gasteiger partial charge < -0.3 is 5.11 Å². The number of carboxylic acid groups (broad SMARTS) is 1. The molecule has 0 bridgehead atoms. The summed E-state index contributed by atoms with van der Waals surface area (Å²) in [6.07, 6.45) is 2.47. The third kappa shape index (κ3) is 4.85. The first-order chi connectivity index (χ1) is 5.68. The molecule has 0 spiro atoms. The maximum absolute atomic E-state index is 12.6. The van der Waals surface area contributed by atoms with Crippen molar-refractivity contribution >= 4 is 18.4 Å². The lowest BCUT2D eigenvalue weighted by Gasteiger charge is -2.09. The Bertz CT molecular complexity index is 199. The third-order valence-electron chi connectivity index (χ3n) is 1.84. The van der Waals surface area contributed by atoms with E-state index in [1.165, 1.54) is 0 Å². The molecule has 1 heterocycles. The van der Waals surface area contributed by atoms with E-state index >= 15 is 0 Å². The lowest BCUT2D eigenvalue weighted by Crippen LogP contribution is -2.20. The van der Waals surface area contributed by atoms with Gasteiger partial charge in [0.2, 0.25) is 0 Å². The second-order valence-corrected chi connectivity index (χ2v) is 2.89. The van der Waals surface area contributed by atoms with E-state index in [0.717, 1.165) is 12.6 Å². The van der Waals surface area contributed by atoms with Crippen LogP contribution in [0.5, 0.6) is 0 Å². The molecule has 1 aliphatic rings. The molecular weight excluding hydrogens is 197 g/mol. The number of aliphatic carboxylic acids is 1. The molecule has 3 nitrogen and oxygen atoms in total. The molecule has 0 aliphatic carbocycles. The standard InChI is InChI=1S/C8H12FNO2.ClH/c9-7-3-5-10(6-7)4-1-2-8(11)12;/h1-2,7H,3-6H2,(H,11,12);1H/b2-1+;/t7-;/m1./s1. The van der Waals surface area contributed by atoms with Crippen LogP contribution < -0.4 is 0 Å². The van der Waals surface area contributed by atoms with Crippen LogP contribution in [0.15, 0.2) is 12.2 Å². The molecule has 0 unspecified atom stereocenters. The predicted octanol–water partition coefficient (Wildman–Crippen LogP) is 1.09. The summed E-state index contributed by atoms with van der Waals surface area (Å²) < 4.78 is 12.6. The average Bonchev–Trinajstić information content (AvgIpc) is 2.35. The molecule has 0 aromatic rings. The molecule has 0 aromatic heterocycles. The summed E-state index contributed by atoms with van der Waals surface area (Å²) in [5, 5.41) is 8.26. The number of carbonyl (C=O) groups is 1.